The summed E-state index contributed by atoms with van der Waals surface area (Å²) in [4.78, 5) is 29.4. The van der Waals surface area contributed by atoms with E-state index >= 15 is 0 Å². The fourth-order valence-corrected chi connectivity index (χ4v) is 4.67. The van der Waals surface area contributed by atoms with Gasteiger partial charge >= 0.3 is 6.09 Å². The molecule has 0 atom stereocenters. The van der Waals surface area contributed by atoms with E-state index in [1.807, 2.05) is 39.0 Å². The normalized spacial score (nSPS) is 11.4. The first kappa shape index (κ1) is 22.2. The molecule has 2 N–H and O–H groups in total. The molecule has 2 aromatic carbocycles. The number of carbonyl (C=O) groups excluding carboxylic acids is 2. The summed E-state index contributed by atoms with van der Waals surface area (Å²) in [7, 11) is 0. The van der Waals surface area contributed by atoms with Crippen molar-refractivity contribution in [3.8, 4) is 0 Å². The average molecular weight is 490 g/mol. The number of thiazole rings is 1. The van der Waals surface area contributed by atoms with Crippen LogP contribution in [0.1, 0.15) is 47.8 Å². The van der Waals surface area contributed by atoms with Gasteiger partial charge in [-0.1, -0.05) is 29.0 Å². The van der Waals surface area contributed by atoms with Crippen LogP contribution in [0.4, 0.5) is 15.6 Å². The lowest BCUT2D eigenvalue weighted by Crippen LogP contribution is -2.27. The molecular formula is C22H24BrN3O3S. The molecule has 30 heavy (non-hydrogen) atoms. The molecule has 0 saturated heterocycles. The zero-order valence-corrected chi connectivity index (χ0v) is 20.2. The maximum atomic E-state index is 13.0. The van der Waals surface area contributed by atoms with Crippen LogP contribution in [0.25, 0.3) is 10.2 Å². The number of rotatable bonds is 3. The number of nitrogens with one attached hydrogen (secondary N) is 2. The standard InChI is InChI=1S/C22H24BrN3O3S/c1-11-7-12(2)18(13(3)8-11)25-19(27)14-9-16-17(10-15(14)23)30-20(24-16)26-21(28)29-22(4,5)6/h7-10H,1-6H3,(H,25,27)(H,24,26,28). The number of ether oxygens (including phenoxy) is 1. The Labute approximate surface area is 188 Å². The molecule has 2 amide bonds. The first-order valence-electron chi connectivity index (χ1n) is 9.42. The Hall–Kier alpha value is -2.45. The summed E-state index contributed by atoms with van der Waals surface area (Å²) < 4.78 is 6.76. The molecule has 0 aliphatic carbocycles. The van der Waals surface area contributed by atoms with Gasteiger partial charge in [0.1, 0.15) is 5.60 Å². The van der Waals surface area contributed by atoms with Crippen molar-refractivity contribution in [2.45, 2.75) is 47.1 Å². The number of hydrogen-bond donors (Lipinski definition) is 2. The van der Waals surface area contributed by atoms with Crippen LogP contribution in [0, 0.1) is 20.8 Å². The van der Waals surface area contributed by atoms with E-state index in [-0.39, 0.29) is 5.91 Å². The fraction of sp³-hybridized carbons (Fsp3) is 0.318. The van der Waals surface area contributed by atoms with E-state index in [0.717, 1.165) is 27.1 Å². The highest BCUT2D eigenvalue weighted by molar-refractivity contribution is 9.10. The monoisotopic (exact) mass is 489 g/mol. The van der Waals surface area contributed by atoms with Gasteiger partial charge in [-0.25, -0.2) is 9.78 Å². The number of halogens is 1. The van der Waals surface area contributed by atoms with E-state index in [9.17, 15) is 9.59 Å². The summed E-state index contributed by atoms with van der Waals surface area (Å²) in [6.07, 6.45) is -0.566. The number of nitrogens with zero attached hydrogens (tertiary/aromatic N) is 1. The largest absolute Gasteiger partial charge is 0.444 e. The van der Waals surface area contributed by atoms with Gasteiger partial charge in [-0.2, -0.15) is 0 Å². The summed E-state index contributed by atoms with van der Waals surface area (Å²) >= 11 is 4.80. The first-order chi connectivity index (χ1) is 13.9. The lowest BCUT2D eigenvalue weighted by Gasteiger charge is -2.18. The van der Waals surface area contributed by atoms with Gasteiger partial charge in [0.15, 0.2) is 5.13 Å². The quantitative estimate of drug-likeness (QED) is 0.435. The topological polar surface area (TPSA) is 80.3 Å². The smallest absolute Gasteiger partial charge is 0.413 e. The summed E-state index contributed by atoms with van der Waals surface area (Å²) in [5.74, 6) is -0.228. The highest BCUT2D eigenvalue weighted by Crippen LogP contribution is 2.32. The molecule has 0 unspecified atom stereocenters. The Morgan fingerprint density at radius 3 is 2.27 bits per heavy atom. The van der Waals surface area contributed by atoms with E-state index in [0.29, 0.717) is 20.7 Å². The van der Waals surface area contributed by atoms with E-state index in [1.165, 1.54) is 11.3 Å². The fourth-order valence-electron chi connectivity index (χ4n) is 3.13. The number of fused-ring (bicyclic) bond motifs is 1. The molecule has 0 fully saturated rings. The second kappa shape index (κ2) is 8.35. The Morgan fingerprint density at radius 1 is 1.03 bits per heavy atom. The minimum atomic E-state index is -0.596. The maximum absolute atomic E-state index is 13.0. The van der Waals surface area contributed by atoms with Gasteiger partial charge in [0.25, 0.3) is 5.91 Å². The molecule has 0 spiro atoms. The Morgan fingerprint density at radius 2 is 1.67 bits per heavy atom. The van der Waals surface area contributed by atoms with Crippen molar-refractivity contribution >= 4 is 60.3 Å². The van der Waals surface area contributed by atoms with Crippen molar-refractivity contribution in [3.63, 3.8) is 0 Å². The second-order valence-electron chi connectivity index (χ2n) is 8.17. The van der Waals surface area contributed by atoms with E-state index in [2.05, 4.69) is 31.5 Å². The third kappa shape index (κ3) is 5.17. The number of carbonyl (C=O) groups is 2. The van der Waals surface area contributed by atoms with Gasteiger partial charge in [0.05, 0.1) is 15.8 Å². The third-order valence-corrected chi connectivity index (χ3v) is 5.84. The lowest BCUT2D eigenvalue weighted by atomic mass is 10.0. The molecule has 158 valence electrons. The van der Waals surface area contributed by atoms with Crippen LogP contribution in [0.15, 0.2) is 28.7 Å². The SMILES string of the molecule is Cc1cc(C)c(NC(=O)c2cc3nc(NC(=O)OC(C)(C)C)sc3cc2Br)c(C)c1. The first-order valence-corrected chi connectivity index (χ1v) is 11.0. The number of hydrogen-bond acceptors (Lipinski definition) is 5. The van der Waals surface area contributed by atoms with Crippen molar-refractivity contribution in [3.05, 3.63) is 51.0 Å². The molecular weight excluding hydrogens is 466 g/mol. The molecule has 6 nitrogen and oxygen atoms in total. The lowest BCUT2D eigenvalue weighted by molar-refractivity contribution is 0.0635. The molecule has 0 aliphatic heterocycles. The van der Waals surface area contributed by atoms with Crippen LogP contribution >= 0.6 is 27.3 Å². The van der Waals surface area contributed by atoms with Crippen molar-refractivity contribution in [2.75, 3.05) is 10.6 Å². The number of amides is 2. The van der Waals surface area contributed by atoms with Crippen LogP contribution < -0.4 is 10.6 Å². The number of benzene rings is 2. The van der Waals surface area contributed by atoms with Crippen LogP contribution in [-0.4, -0.2) is 22.6 Å². The molecule has 8 heteroatoms. The van der Waals surface area contributed by atoms with Gasteiger partial charge in [0, 0.05) is 10.2 Å². The summed E-state index contributed by atoms with van der Waals surface area (Å²) in [6, 6.07) is 7.62. The number of anilines is 2. The molecule has 0 radical (unpaired) electrons. The molecule has 0 saturated carbocycles. The molecule has 0 bridgehead atoms. The molecule has 3 rings (SSSR count). The van der Waals surface area contributed by atoms with E-state index < -0.39 is 11.7 Å². The van der Waals surface area contributed by atoms with Crippen molar-refractivity contribution in [1.82, 2.24) is 4.98 Å². The minimum absolute atomic E-state index is 0.228. The highest BCUT2D eigenvalue weighted by Gasteiger charge is 2.19. The zero-order valence-electron chi connectivity index (χ0n) is 17.8. The van der Waals surface area contributed by atoms with Gasteiger partial charge < -0.3 is 10.1 Å². The van der Waals surface area contributed by atoms with Gasteiger partial charge in [-0.15, -0.1) is 0 Å². The van der Waals surface area contributed by atoms with Crippen LogP contribution in [0.5, 0.6) is 0 Å². The number of aromatic nitrogens is 1. The van der Waals surface area contributed by atoms with Crippen molar-refractivity contribution in [2.24, 2.45) is 0 Å². The molecule has 3 aromatic rings. The summed E-state index contributed by atoms with van der Waals surface area (Å²) in [5.41, 5.74) is 4.47. The predicted molar refractivity (Wildman–Crippen MR) is 126 cm³/mol. The Balaban J connectivity index is 1.86. The summed E-state index contributed by atoms with van der Waals surface area (Å²) in [6.45, 7) is 11.4. The van der Waals surface area contributed by atoms with E-state index in [1.54, 1.807) is 26.8 Å². The van der Waals surface area contributed by atoms with E-state index in [4.69, 9.17) is 4.74 Å². The van der Waals surface area contributed by atoms with Crippen LogP contribution in [0.3, 0.4) is 0 Å². The number of aryl methyl sites for hydroxylation is 3. The predicted octanol–water partition coefficient (Wildman–Crippen LogP) is 6.58. The second-order valence-corrected chi connectivity index (χ2v) is 10.1. The summed E-state index contributed by atoms with van der Waals surface area (Å²) in [5, 5.41) is 6.07. The Kier molecular flexibility index (Phi) is 6.19. The minimum Gasteiger partial charge on any atom is -0.444 e. The van der Waals surface area contributed by atoms with Crippen LogP contribution in [-0.2, 0) is 4.74 Å². The van der Waals surface area contributed by atoms with Crippen LogP contribution in [0.2, 0.25) is 0 Å². The van der Waals surface area contributed by atoms with Gasteiger partial charge in [0.2, 0.25) is 0 Å². The average Bonchev–Trinajstić information content (AvgIpc) is 2.96. The maximum Gasteiger partial charge on any atom is 0.413 e. The van der Waals surface area contributed by atoms with Gasteiger partial charge in [-0.3, -0.25) is 10.1 Å². The third-order valence-electron chi connectivity index (χ3n) is 4.25. The zero-order chi connectivity index (χ0) is 22.2. The molecule has 0 aliphatic rings. The van der Waals surface area contributed by atoms with Crippen molar-refractivity contribution < 1.29 is 14.3 Å². The van der Waals surface area contributed by atoms with Gasteiger partial charge in [-0.05, 0) is 80.7 Å². The highest BCUT2D eigenvalue weighted by atomic mass is 79.9. The molecule has 1 aromatic heterocycles. The van der Waals surface area contributed by atoms with Crippen molar-refractivity contribution in [1.29, 1.82) is 0 Å². The molecule has 1 heterocycles. The Bertz CT molecular complexity index is 1130.